The predicted octanol–water partition coefficient (Wildman–Crippen LogP) is 5.17. The van der Waals surface area contributed by atoms with Crippen LogP contribution in [0.1, 0.15) is 68.7 Å². The van der Waals surface area contributed by atoms with Crippen LogP contribution in [0.2, 0.25) is 0 Å². The third-order valence-electron chi connectivity index (χ3n) is 5.06. The molecule has 20 heavy (non-hydrogen) atoms. The Hall–Kier alpha value is -0.820. The van der Waals surface area contributed by atoms with Crippen molar-refractivity contribution in [2.75, 3.05) is 6.54 Å². The lowest BCUT2D eigenvalue weighted by Crippen LogP contribution is -2.32. The van der Waals surface area contributed by atoms with Crippen molar-refractivity contribution in [3.8, 4) is 0 Å². The van der Waals surface area contributed by atoms with E-state index in [-0.39, 0.29) is 0 Å². The monoisotopic (exact) mass is 273 g/mol. The predicted molar refractivity (Wildman–Crippen MR) is 88.1 cm³/mol. The van der Waals surface area contributed by atoms with Crippen molar-refractivity contribution in [1.82, 2.24) is 5.32 Å². The van der Waals surface area contributed by atoms with Crippen LogP contribution in [-0.2, 0) is 0 Å². The van der Waals surface area contributed by atoms with E-state index >= 15 is 0 Å². The van der Waals surface area contributed by atoms with E-state index in [1.165, 1.54) is 48.8 Å². The minimum absolute atomic E-state index is 0.551. The van der Waals surface area contributed by atoms with E-state index in [0.29, 0.717) is 6.04 Å². The highest BCUT2D eigenvalue weighted by Gasteiger charge is 2.28. The topological polar surface area (TPSA) is 12.0 Å². The van der Waals surface area contributed by atoms with E-state index in [1.807, 2.05) is 0 Å². The van der Waals surface area contributed by atoms with Gasteiger partial charge in [-0.25, -0.2) is 0 Å². The molecule has 0 spiro atoms. The average molecular weight is 273 g/mol. The first kappa shape index (κ1) is 15.6. The van der Waals surface area contributed by atoms with Gasteiger partial charge in [-0.15, -0.1) is 0 Å². The molecule has 1 aromatic carbocycles. The molecule has 1 nitrogen and oxygen atoms in total. The van der Waals surface area contributed by atoms with E-state index in [4.69, 9.17) is 0 Å². The van der Waals surface area contributed by atoms with Gasteiger partial charge in [-0.05, 0) is 56.2 Å². The van der Waals surface area contributed by atoms with Crippen molar-refractivity contribution in [3.63, 3.8) is 0 Å². The van der Waals surface area contributed by atoms with Gasteiger partial charge in [0.2, 0.25) is 0 Å². The zero-order chi connectivity index (χ0) is 14.5. The molecule has 112 valence electrons. The van der Waals surface area contributed by atoms with Crippen molar-refractivity contribution in [1.29, 1.82) is 0 Å². The Kier molecular flexibility index (Phi) is 5.65. The van der Waals surface area contributed by atoms with Gasteiger partial charge in [-0.2, -0.15) is 0 Å². The van der Waals surface area contributed by atoms with E-state index in [0.717, 1.165) is 18.4 Å². The highest BCUT2D eigenvalue weighted by Crippen LogP contribution is 2.39. The molecule has 0 amide bonds. The molecule has 1 aliphatic carbocycles. The summed E-state index contributed by atoms with van der Waals surface area (Å²) in [6.07, 6.45) is 7.00. The van der Waals surface area contributed by atoms with Crippen LogP contribution in [0.25, 0.3) is 0 Å². The Balaban J connectivity index is 2.21. The first-order valence-corrected chi connectivity index (χ1v) is 8.46. The Morgan fingerprint density at radius 1 is 1.20 bits per heavy atom. The van der Waals surface area contributed by atoms with Gasteiger partial charge < -0.3 is 5.32 Å². The normalized spacial score (nSPS) is 24.6. The summed E-state index contributed by atoms with van der Waals surface area (Å²) in [5.41, 5.74) is 4.35. The van der Waals surface area contributed by atoms with Gasteiger partial charge >= 0.3 is 0 Å². The number of aryl methyl sites for hydroxylation is 2. The van der Waals surface area contributed by atoms with E-state index in [2.05, 4.69) is 51.2 Å². The second kappa shape index (κ2) is 7.26. The molecule has 1 saturated carbocycles. The SMILES string of the molecule is CCNC(c1ccc(C)cc1C)C1CCCC(CC)C1. The van der Waals surface area contributed by atoms with Crippen LogP contribution < -0.4 is 5.32 Å². The van der Waals surface area contributed by atoms with Crippen LogP contribution in [0.15, 0.2) is 18.2 Å². The van der Waals surface area contributed by atoms with Crippen molar-refractivity contribution < 1.29 is 0 Å². The van der Waals surface area contributed by atoms with Crippen LogP contribution in [0.4, 0.5) is 0 Å². The second-order valence-electron chi connectivity index (χ2n) is 6.60. The Morgan fingerprint density at radius 3 is 2.65 bits per heavy atom. The van der Waals surface area contributed by atoms with Crippen molar-refractivity contribution in [2.45, 2.75) is 65.8 Å². The molecule has 2 rings (SSSR count). The Labute approximate surface area is 125 Å². The molecule has 0 aromatic heterocycles. The third-order valence-corrected chi connectivity index (χ3v) is 5.06. The number of hydrogen-bond acceptors (Lipinski definition) is 1. The second-order valence-corrected chi connectivity index (χ2v) is 6.60. The maximum atomic E-state index is 3.77. The molecule has 1 heteroatoms. The number of benzene rings is 1. The first-order valence-electron chi connectivity index (χ1n) is 8.46. The smallest absolute Gasteiger partial charge is 0.0351 e. The van der Waals surface area contributed by atoms with Crippen LogP contribution in [-0.4, -0.2) is 6.54 Å². The molecule has 3 atom stereocenters. The molecule has 1 fully saturated rings. The van der Waals surface area contributed by atoms with Crippen LogP contribution in [0, 0.1) is 25.7 Å². The van der Waals surface area contributed by atoms with Gasteiger partial charge in [0.15, 0.2) is 0 Å². The molecule has 3 unspecified atom stereocenters. The number of rotatable bonds is 5. The summed E-state index contributed by atoms with van der Waals surface area (Å²) in [5, 5.41) is 3.77. The lowest BCUT2D eigenvalue weighted by atomic mass is 9.74. The fourth-order valence-corrected chi connectivity index (χ4v) is 3.93. The van der Waals surface area contributed by atoms with Gasteiger partial charge in [-0.3, -0.25) is 0 Å². The van der Waals surface area contributed by atoms with E-state index < -0.39 is 0 Å². The largest absolute Gasteiger partial charge is 0.310 e. The first-order chi connectivity index (χ1) is 9.65. The zero-order valence-corrected chi connectivity index (χ0v) is 13.7. The molecule has 0 heterocycles. The minimum atomic E-state index is 0.551. The van der Waals surface area contributed by atoms with Crippen molar-refractivity contribution >= 4 is 0 Å². The quantitative estimate of drug-likeness (QED) is 0.780. The molecule has 1 aliphatic rings. The van der Waals surface area contributed by atoms with Crippen molar-refractivity contribution in [3.05, 3.63) is 34.9 Å². The molecule has 0 bridgehead atoms. The third kappa shape index (κ3) is 3.63. The average Bonchev–Trinajstić information content (AvgIpc) is 2.45. The van der Waals surface area contributed by atoms with Gasteiger partial charge in [0.1, 0.15) is 0 Å². The van der Waals surface area contributed by atoms with Gasteiger partial charge in [-0.1, -0.05) is 56.9 Å². The van der Waals surface area contributed by atoms with Crippen molar-refractivity contribution in [2.24, 2.45) is 11.8 Å². The Bertz CT molecular complexity index is 424. The molecule has 1 aromatic rings. The fraction of sp³-hybridized carbons (Fsp3) is 0.684. The maximum Gasteiger partial charge on any atom is 0.0351 e. The Morgan fingerprint density at radius 2 is 2.00 bits per heavy atom. The summed E-state index contributed by atoms with van der Waals surface area (Å²) in [6.45, 7) is 10.1. The number of nitrogens with one attached hydrogen (secondary N) is 1. The molecule has 0 radical (unpaired) electrons. The van der Waals surface area contributed by atoms with Gasteiger partial charge in [0.05, 0.1) is 0 Å². The summed E-state index contributed by atoms with van der Waals surface area (Å²) >= 11 is 0. The van der Waals surface area contributed by atoms with Crippen LogP contribution >= 0.6 is 0 Å². The van der Waals surface area contributed by atoms with Gasteiger partial charge in [0, 0.05) is 6.04 Å². The summed E-state index contributed by atoms with van der Waals surface area (Å²) in [5.74, 6) is 1.76. The van der Waals surface area contributed by atoms with Crippen LogP contribution in [0.5, 0.6) is 0 Å². The van der Waals surface area contributed by atoms with Crippen LogP contribution in [0.3, 0.4) is 0 Å². The number of hydrogen-bond donors (Lipinski definition) is 1. The summed E-state index contributed by atoms with van der Waals surface area (Å²) in [7, 11) is 0. The maximum absolute atomic E-state index is 3.77. The zero-order valence-electron chi connectivity index (χ0n) is 13.7. The molecular formula is C19H31N. The molecular weight excluding hydrogens is 242 g/mol. The lowest BCUT2D eigenvalue weighted by Gasteiger charge is -2.35. The minimum Gasteiger partial charge on any atom is -0.310 e. The fourth-order valence-electron chi connectivity index (χ4n) is 3.93. The summed E-state index contributed by atoms with van der Waals surface area (Å²) in [4.78, 5) is 0. The standard InChI is InChI=1S/C19H31N/c1-5-16-8-7-9-17(13-16)19(20-6-2)18-11-10-14(3)12-15(18)4/h10-12,16-17,19-20H,5-9,13H2,1-4H3. The molecule has 0 saturated heterocycles. The highest BCUT2D eigenvalue weighted by atomic mass is 14.9. The molecule has 0 aliphatic heterocycles. The molecule has 1 N–H and O–H groups in total. The lowest BCUT2D eigenvalue weighted by molar-refractivity contribution is 0.210. The van der Waals surface area contributed by atoms with Gasteiger partial charge in [0.25, 0.3) is 0 Å². The highest BCUT2D eigenvalue weighted by molar-refractivity contribution is 5.33. The summed E-state index contributed by atoms with van der Waals surface area (Å²) in [6, 6.07) is 7.51. The summed E-state index contributed by atoms with van der Waals surface area (Å²) < 4.78 is 0. The van der Waals surface area contributed by atoms with E-state index in [9.17, 15) is 0 Å². The van der Waals surface area contributed by atoms with E-state index in [1.54, 1.807) is 0 Å².